The molecular weight excluding hydrogens is 362 g/mol. The Kier molecular flexibility index (Phi) is 6.28. The fourth-order valence-electron chi connectivity index (χ4n) is 2.64. The van der Waals surface area contributed by atoms with E-state index in [9.17, 15) is 4.79 Å². The lowest BCUT2D eigenvalue weighted by Gasteiger charge is -2.21. The van der Waals surface area contributed by atoms with Gasteiger partial charge in [-0.3, -0.25) is 9.36 Å². The Hall–Kier alpha value is -3.05. The van der Waals surface area contributed by atoms with Crippen LogP contribution in [0.5, 0.6) is 0 Å². The number of nitrogens with zero attached hydrogens (tertiary/aromatic N) is 5. The monoisotopic (exact) mass is 381 g/mol. The molecule has 3 rings (SSSR count). The average Bonchev–Trinajstić information content (AvgIpc) is 3.36. The second kappa shape index (κ2) is 9.05. The summed E-state index contributed by atoms with van der Waals surface area (Å²) in [6.07, 6.45) is 1.87. The Morgan fingerprint density at radius 1 is 1.26 bits per heavy atom. The molecule has 0 saturated heterocycles. The molecule has 0 unspecified atom stereocenters. The molecule has 0 atom stereocenters. The maximum Gasteiger partial charge on any atom is 0.237 e. The van der Waals surface area contributed by atoms with Crippen LogP contribution < -0.4 is 4.90 Å². The van der Waals surface area contributed by atoms with Gasteiger partial charge in [0.1, 0.15) is 0 Å². The van der Waals surface area contributed by atoms with Gasteiger partial charge in [-0.2, -0.15) is 5.26 Å². The zero-order valence-electron chi connectivity index (χ0n) is 14.9. The zero-order chi connectivity index (χ0) is 19.1. The third-order valence-corrected chi connectivity index (χ3v) is 4.87. The lowest BCUT2D eigenvalue weighted by molar-refractivity contribution is -0.116. The maximum absolute atomic E-state index is 12.8. The van der Waals surface area contributed by atoms with Crippen LogP contribution in [0.2, 0.25) is 0 Å². The first-order valence-corrected chi connectivity index (χ1v) is 9.55. The highest BCUT2D eigenvalue weighted by Gasteiger charge is 2.19. The number of thioether (sulfide) groups is 1. The molecular formula is C19H19N5O2S. The molecule has 2 heterocycles. The van der Waals surface area contributed by atoms with Crippen LogP contribution in [0.1, 0.15) is 13.3 Å². The largest absolute Gasteiger partial charge is 0.461 e. The van der Waals surface area contributed by atoms with Gasteiger partial charge in [0.15, 0.2) is 16.7 Å². The van der Waals surface area contributed by atoms with Crippen molar-refractivity contribution >= 4 is 23.4 Å². The quantitative estimate of drug-likeness (QED) is 0.554. The van der Waals surface area contributed by atoms with E-state index in [0.29, 0.717) is 29.8 Å². The summed E-state index contributed by atoms with van der Waals surface area (Å²) in [5, 5.41) is 17.9. The predicted molar refractivity (Wildman–Crippen MR) is 103 cm³/mol. The molecule has 1 aromatic carbocycles. The lowest BCUT2D eigenvalue weighted by Crippen LogP contribution is -2.33. The molecule has 0 aliphatic heterocycles. The van der Waals surface area contributed by atoms with Gasteiger partial charge in [-0.1, -0.05) is 30.0 Å². The van der Waals surface area contributed by atoms with Crippen LogP contribution in [0, 0.1) is 11.3 Å². The Morgan fingerprint density at radius 3 is 2.74 bits per heavy atom. The molecule has 2 aromatic heterocycles. The molecule has 0 fully saturated rings. The summed E-state index contributed by atoms with van der Waals surface area (Å²) in [5.74, 6) is 1.41. The van der Waals surface area contributed by atoms with E-state index in [-0.39, 0.29) is 18.1 Å². The van der Waals surface area contributed by atoms with Crippen molar-refractivity contribution < 1.29 is 9.21 Å². The first kappa shape index (κ1) is 18.7. The Labute approximate surface area is 161 Å². The molecule has 0 bridgehead atoms. The predicted octanol–water partition coefficient (Wildman–Crippen LogP) is 3.60. The van der Waals surface area contributed by atoms with E-state index in [0.717, 1.165) is 5.69 Å². The van der Waals surface area contributed by atoms with E-state index in [4.69, 9.17) is 9.68 Å². The van der Waals surface area contributed by atoms with Crippen LogP contribution in [0.3, 0.4) is 0 Å². The van der Waals surface area contributed by atoms with Crippen molar-refractivity contribution in [3.8, 4) is 17.7 Å². The fraction of sp³-hybridized carbons (Fsp3) is 0.263. The topological polar surface area (TPSA) is 88.0 Å². The first-order chi connectivity index (χ1) is 13.2. The number of rotatable bonds is 8. The molecule has 0 aliphatic rings. The molecule has 1 amide bonds. The number of carbonyl (C=O) groups excluding carboxylic acids is 1. The SMILES string of the molecule is CCn1c(SCC(=O)N(CCC#N)c2ccccc2)nnc1-c1ccco1. The summed E-state index contributed by atoms with van der Waals surface area (Å²) in [6, 6.07) is 15.1. The van der Waals surface area contributed by atoms with Gasteiger partial charge in [-0.25, -0.2) is 0 Å². The van der Waals surface area contributed by atoms with Crippen molar-refractivity contribution in [2.24, 2.45) is 0 Å². The van der Waals surface area contributed by atoms with Crippen LogP contribution in [-0.2, 0) is 11.3 Å². The van der Waals surface area contributed by atoms with Gasteiger partial charge in [0, 0.05) is 18.8 Å². The molecule has 0 N–H and O–H groups in total. The third-order valence-electron chi connectivity index (χ3n) is 3.92. The number of hydrogen-bond acceptors (Lipinski definition) is 6. The van der Waals surface area contributed by atoms with Gasteiger partial charge in [0.25, 0.3) is 0 Å². The van der Waals surface area contributed by atoms with E-state index in [2.05, 4.69) is 16.3 Å². The number of hydrogen-bond donors (Lipinski definition) is 0. The molecule has 0 aliphatic carbocycles. The highest BCUT2D eigenvalue weighted by atomic mass is 32.2. The number of benzene rings is 1. The minimum absolute atomic E-state index is 0.0772. The molecule has 0 radical (unpaired) electrons. The molecule has 3 aromatic rings. The van der Waals surface area contributed by atoms with Crippen LogP contribution >= 0.6 is 11.8 Å². The number of nitriles is 1. The lowest BCUT2D eigenvalue weighted by atomic mass is 10.2. The standard InChI is InChI=1S/C19H19N5O2S/c1-2-23-18(16-10-6-13-26-16)21-22-19(23)27-14-17(25)24(12-7-11-20)15-8-4-3-5-9-15/h3-6,8-10,13H,2,7,12,14H2,1H3. The number of aromatic nitrogens is 3. The average molecular weight is 381 g/mol. The van der Waals surface area contributed by atoms with E-state index in [1.807, 2.05) is 47.9 Å². The fourth-order valence-corrected chi connectivity index (χ4v) is 3.52. The van der Waals surface area contributed by atoms with Crippen molar-refractivity contribution in [1.82, 2.24) is 14.8 Å². The number of para-hydroxylation sites is 1. The van der Waals surface area contributed by atoms with Crippen molar-refractivity contribution in [2.75, 3.05) is 17.2 Å². The normalized spacial score (nSPS) is 10.5. The number of amides is 1. The molecule has 7 nitrogen and oxygen atoms in total. The second-order valence-corrected chi connectivity index (χ2v) is 6.55. The molecule has 8 heteroatoms. The Morgan fingerprint density at radius 2 is 2.07 bits per heavy atom. The summed E-state index contributed by atoms with van der Waals surface area (Å²) in [6.45, 7) is 3.01. The smallest absolute Gasteiger partial charge is 0.237 e. The van der Waals surface area contributed by atoms with Crippen LogP contribution in [0.25, 0.3) is 11.6 Å². The zero-order valence-corrected chi connectivity index (χ0v) is 15.7. The minimum atomic E-state index is -0.0772. The maximum atomic E-state index is 12.8. The second-order valence-electron chi connectivity index (χ2n) is 5.61. The van der Waals surface area contributed by atoms with Crippen molar-refractivity contribution in [3.63, 3.8) is 0 Å². The highest BCUT2D eigenvalue weighted by Crippen LogP contribution is 2.25. The molecule has 27 heavy (non-hydrogen) atoms. The Balaban J connectivity index is 1.73. The van der Waals surface area contributed by atoms with Gasteiger partial charge in [-0.05, 0) is 31.2 Å². The van der Waals surface area contributed by atoms with Gasteiger partial charge in [0.05, 0.1) is 24.5 Å². The van der Waals surface area contributed by atoms with Crippen molar-refractivity contribution in [2.45, 2.75) is 25.0 Å². The number of carbonyl (C=O) groups is 1. The minimum Gasteiger partial charge on any atom is -0.461 e. The van der Waals surface area contributed by atoms with E-state index >= 15 is 0 Å². The van der Waals surface area contributed by atoms with Crippen LogP contribution in [0.4, 0.5) is 5.69 Å². The summed E-state index contributed by atoms with van der Waals surface area (Å²) < 4.78 is 7.32. The highest BCUT2D eigenvalue weighted by molar-refractivity contribution is 7.99. The van der Waals surface area contributed by atoms with Crippen LogP contribution in [-0.4, -0.2) is 33.0 Å². The number of furan rings is 1. The summed E-state index contributed by atoms with van der Waals surface area (Å²) in [5.41, 5.74) is 0.784. The van der Waals surface area contributed by atoms with Crippen molar-refractivity contribution in [1.29, 1.82) is 5.26 Å². The van der Waals surface area contributed by atoms with E-state index in [1.54, 1.807) is 17.2 Å². The van der Waals surface area contributed by atoms with Gasteiger partial charge in [0.2, 0.25) is 5.91 Å². The Bertz CT molecular complexity index is 915. The van der Waals surface area contributed by atoms with Gasteiger partial charge >= 0.3 is 0 Å². The molecule has 0 spiro atoms. The number of anilines is 1. The van der Waals surface area contributed by atoms with Crippen LogP contribution in [0.15, 0.2) is 58.3 Å². The van der Waals surface area contributed by atoms with Crippen molar-refractivity contribution in [3.05, 3.63) is 48.7 Å². The first-order valence-electron chi connectivity index (χ1n) is 8.56. The van der Waals surface area contributed by atoms with E-state index in [1.165, 1.54) is 11.8 Å². The molecule has 0 saturated carbocycles. The summed E-state index contributed by atoms with van der Waals surface area (Å²) >= 11 is 1.33. The van der Waals surface area contributed by atoms with Gasteiger partial charge < -0.3 is 9.32 Å². The van der Waals surface area contributed by atoms with Gasteiger partial charge in [-0.15, -0.1) is 10.2 Å². The van der Waals surface area contributed by atoms with E-state index < -0.39 is 0 Å². The summed E-state index contributed by atoms with van der Waals surface area (Å²) in [7, 11) is 0. The third kappa shape index (κ3) is 4.38. The molecule has 138 valence electrons. The summed E-state index contributed by atoms with van der Waals surface area (Å²) in [4.78, 5) is 14.4.